The fraction of sp³-hybridized carbons (Fsp3) is 0.429. The molecule has 0 unspecified atom stereocenters. The molecule has 1 aromatic rings. The van der Waals surface area contributed by atoms with E-state index in [1.165, 1.54) is 12.1 Å². The summed E-state index contributed by atoms with van der Waals surface area (Å²) in [5, 5.41) is 0. The van der Waals surface area contributed by atoms with Gasteiger partial charge >= 0.3 is 6.18 Å². The summed E-state index contributed by atoms with van der Waals surface area (Å²) < 4.78 is 37.2. The van der Waals surface area contributed by atoms with E-state index in [1.807, 2.05) is 13.8 Å². The molecule has 18 heavy (non-hydrogen) atoms. The third-order valence-electron chi connectivity index (χ3n) is 2.63. The van der Waals surface area contributed by atoms with Crippen LogP contribution in [0.25, 0.3) is 0 Å². The standard InChI is InChI=1S/C14H18F3N/c1-4-18(9-11(2)3)10-12-5-7-13(8-6-12)14(15,16)17/h5-8H,2,4,9-10H2,1,3H3. The SMILES string of the molecule is C=C(C)CN(CC)Cc1ccc(C(F)(F)F)cc1. The maximum absolute atomic E-state index is 12.4. The average Bonchev–Trinajstić information content (AvgIpc) is 2.27. The molecule has 0 bridgehead atoms. The number of likely N-dealkylation sites (N-methyl/N-ethyl adjacent to an activating group) is 1. The second-order valence-corrected chi connectivity index (χ2v) is 4.46. The van der Waals surface area contributed by atoms with Crippen molar-refractivity contribution in [3.05, 3.63) is 47.5 Å². The highest BCUT2D eigenvalue weighted by Crippen LogP contribution is 2.29. The van der Waals surface area contributed by atoms with Gasteiger partial charge in [0.15, 0.2) is 0 Å². The van der Waals surface area contributed by atoms with Crippen LogP contribution in [0.5, 0.6) is 0 Å². The number of halogens is 3. The summed E-state index contributed by atoms with van der Waals surface area (Å²) in [6.45, 7) is 10.0. The Kier molecular flexibility index (Phi) is 4.96. The van der Waals surface area contributed by atoms with E-state index in [9.17, 15) is 13.2 Å². The van der Waals surface area contributed by atoms with Crippen molar-refractivity contribution in [1.82, 2.24) is 4.90 Å². The van der Waals surface area contributed by atoms with Gasteiger partial charge in [0.2, 0.25) is 0 Å². The second kappa shape index (κ2) is 6.05. The van der Waals surface area contributed by atoms with Gasteiger partial charge in [-0.3, -0.25) is 4.90 Å². The summed E-state index contributed by atoms with van der Waals surface area (Å²) in [6.07, 6.45) is -4.26. The lowest BCUT2D eigenvalue weighted by atomic mass is 10.1. The van der Waals surface area contributed by atoms with Gasteiger partial charge in [-0.2, -0.15) is 13.2 Å². The smallest absolute Gasteiger partial charge is 0.295 e. The van der Waals surface area contributed by atoms with Crippen LogP contribution in [0.4, 0.5) is 13.2 Å². The Morgan fingerprint density at radius 3 is 2.17 bits per heavy atom. The molecule has 4 heteroatoms. The van der Waals surface area contributed by atoms with Gasteiger partial charge in [-0.1, -0.05) is 31.2 Å². The first-order valence-corrected chi connectivity index (χ1v) is 5.85. The summed E-state index contributed by atoms with van der Waals surface area (Å²) in [5.41, 5.74) is 1.32. The van der Waals surface area contributed by atoms with E-state index in [1.54, 1.807) is 0 Å². The van der Waals surface area contributed by atoms with Gasteiger partial charge in [-0.25, -0.2) is 0 Å². The molecular weight excluding hydrogens is 239 g/mol. The van der Waals surface area contributed by atoms with Crippen LogP contribution in [-0.4, -0.2) is 18.0 Å². The van der Waals surface area contributed by atoms with E-state index in [0.29, 0.717) is 6.54 Å². The van der Waals surface area contributed by atoms with Crippen molar-refractivity contribution in [2.45, 2.75) is 26.6 Å². The first-order valence-electron chi connectivity index (χ1n) is 5.85. The van der Waals surface area contributed by atoms with E-state index in [0.717, 1.165) is 36.4 Å². The Morgan fingerprint density at radius 2 is 1.78 bits per heavy atom. The molecule has 1 aromatic carbocycles. The Hall–Kier alpha value is -1.29. The normalized spacial score (nSPS) is 11.9. The molecule has 0 fully saturated rings. The Balaban J connectivity index is 2.71. The quantitative estimate of drug-likeness (QED) is 0.718. The van der Waals surface area contributed by atoms with E-state index in [-0.39, 0.29) is 0 Å². The highest BCUT2D eigenvalue weighted by atomic mass is 19.4. The largest absolute Gasteiger partial charge is 0.416 e. The van der Waals surface area contributed by atoms with Crippen molar-refractivity contribution in [1.29, 1.82) is 0 Å². The zero-order valence-electron chi connectivity index (χ0n) is 10.7. The molecule has 0 amide bonds. The average molecular weight is 257 g/mol. The van der Waals surface area contributed by atoms with Gasteiger partial charge in [0, 0.05) is 13.1 Å². The van der Waals surface area contributed by atoms with Crippen molar-refractivity contribution < 1.29 is 13.2 Å². The van der Waals surface area contributed by atoms with Gasteiger partial charge in [0.25, 0.3) is 0 Å². The fourth-order valence-corrected chi connectivity index (χ4v) is 1.72. The van der Waals surface area contributed by atoms with Crippen molar-refractivity contribution in [2.75, 3.05) is 13.1 Å². The molecule has 0 aliphatic heterocycles. The number of rotatable bonds is 5. The van der Waals surface area contributed by atoms with E-state index in [2.05, 4.69) is 11.5 Å². The highest BCUT2D eigenvalue weighted by molar-refractivity contribution is 5.24. The first kappa shape index (κ1) is 14.8. The lowest BCUT2D eigenvalue weighted by Gasteiger charge is -2.20. The van der Waals surface area contributed by atoms with Gasteiger partial charge < -0.3 is 0 Å². The molecule has 0 saturated carbocycles. The molecular formula is C14H18F3N. The summed E-state index contributed by atoms with van der Waals surface area (Å²) in [4.78, 5) is 2.13. The zero-order chi connectivity index (χ0) is 13.8. The van der Waals surface area contributed by atoms with E-state index >= 15 is 0 Å². The maximum Gasteiger partial charge on any atom is 0.416 e. The lowest BCUT2D eigenvalue weighted by molar-refractivity contribution is -0.137. The van der Waals surface area contributed by atoms with Crippen LogP contribution in [0.15, 0.2) is 36.4 Å². The number of benzene rings is 1. The molecule has 0 atom stereocenters. The van der Waals surface area contributed by atoms with Crippen molar-refractivity contribution in [2.24, 2.45) is 0 Å². The van der Waals surface area contributed by atoms with Crippen LogP contribution >= 0.6 is 0 Å². The molecule has 0 aliphatic carbocycles. The van der Waals surface area contributed by atoms with E-state index < -0.39 is 11.7 Å². The molecule has 0 saturated heterocycles. The van der Waals surface area contributed by atoms with Crippen LogP contribution in [-0.2, 0) is 12.7 Å². The van der Waals surface area contributed by atoms with Crippen molar-refractivity contribution >= 4 is 0 Å². The summed E-state index contributed by atoms with van der Waals surface area (Å²) in [6, 6.07) is 5.32. The summed E-state index contributed by atoms with van der Waals surface area (Å²) in [5.74, 6) is 0. The minimum absolute atomic E-state index is 0.603. The van der Waals surface area contributed by atoms with Crippen molar-refractivity contribution in [3.63, 3.8) is 0 Å². The van der Waals surface area contributed by atoms with Gasteiger partial charge in [0.05, 0.1) is 5.56 Å². The fourth-order valence-electron chi connectivity index (χ4n) is 1.72. The number of hydrogen-bond acceptors (Lipinski definition) is 1. The summed E-state index contributed by atoms with van der Waals surface area (Å²) in [7, 11) is 0. The Labute approximate surface area is 106 Å². The molecule has 0 aliphatic rings. The number of hydrogen-bond donors (Lipinski definition) is 0. The third kappa shape index (κ3) is 4.53. The molecule has 1 nitrogen and oxygen atoms in total. The van der Waals surface area contributed by atoms with Gasteiger partial charge in [0.1, 0.15) is 0 Å². The molecule has 0 N–H and O–H groups in total. The minimum Gasteiger partial charge on any atom is -0.295 e. The number of alkyl halides is 3. The van der Waals surface area contributed by atoms with Crippen molar-refractivity contribution in [3.8, 4) is 0 Å². The van der Waals surface area contributed by atoms with Crippen LogP contribution in [0.1, 0.15) is 25.0 Å². The van der Waals surface area contributed by atoms with Crippen LogP contribution < -0.4 is 0 Å². The first-order chi connectivity index (χ1) is 8.32. The second-order valence-electron chi connectivity index (χ2n) is 4.46. The molecule has 0 radical (unpaired) electrons. The van der Waals surface area contributed by atoms with Crippen LogP contribution in [0.2, 0.25) is 0 Å². The monoisotopic (exact) mass is 257 g/mol. The predicted molar refractivity (Wildman–Crippen MR) is 67.2 cm³/mol. The molecule has 100 valence electrons. The Morgan fingerprint density at radius 1 is 1.22 bits per heavy atom. The minimum atomic E-state index is -4.26. The molecule has 0 heterocycles. The highest BCUT2D eigenvalue weighted by Gasteiger charge is 2.29. The summed E-state index contributed by atoms with van der Waals surface area (Å²) >= 11 is 0. The zero-order valence-corrected chi connectivity index (χ0v) is 10.7. The van der Waals surface area contributed by atoms with Crippen LogP contribution in [0.3, 0.4) is 0 Å². The topological polar surface area (TPSA) is 3.24 Å². The van der Waals surface area contributed by atoms with Gasteiger partial charge in [-0.05, 0) is 31.2 Å². The van der Waals surface area contributed by atoms with Gasteiger partial charge in [-0.15, -0.1) is 0 Å². The van der Waals surface area contributed by atoms with E-state index in [4.69, 9.17) is 0 Å². The molecule has 0 aromatic heterocycles. The van der Waals surface area contributed by atoms with Crippen LogP contribution in [0, 0.1) is 0 Å². The Bertz CT molecular complexity index is 392. The lowest BCUT2D eigenvalue weighted by Crippen LogP contribution is -2.24. The third-order valence-corrected chi connectivity index (χ3v) is 2.63. The number of nitrogens with zero attached hydrogens (tertiary/aromatic N) is 1. The maximum atomic E-state index is 12.4. The molecule has 1 rings (SSSR count). The predicted octanol–water partition coefficient (Wildman–Crippen LogP) is 4.10. The molecule has 0 spiro atoms.